The molecule has 2 fully saturated rings. The van der Waals surface area contributed by atoms with Crippen LogP contribution in [0, 0.1) is 0 Å². The molecule has 3 rings (SSSR count). The first-order chi connectivity index (χ1) is 9.81. The molecule has 0 saturated carbocycles. The molecule has 1 unspecified atom stereocenters. The highest BCUT2D eigenvalue weighted by atomic mass is 15.3. The van der Waals surface area contributed by atoms with Gasteiger partial charge in [-0.25, -0.2) is 0 Å². The molecule has 0 aliphatic carbocycles. The smallest absolute Gasteiger partial charge is 0.0416 e. The molecule has 2 saturated heterocycles. The summed E-state index contributed by atoms with van der Waals surface area (Å²) in [5.74, 6) is 0. The number of rotatable bonds is 4. The fourth-order valence-electron chi connectivity index (χ4n) is 3.42. The van der Waals surface area contributed by atoms with E-state index in [9.17, 15) is 0 Å². The fraction of sp³-hybridized carbons (Fsp3) is 0.688. The van der Waals surface area contributed by atoms with Gasteiger partial charge in [0.15, 0.2) is 0 Å². The van der Waals surface area contributed by atoms with Crippen LogP contribution < -0.4 is 5.73 Å². The van der Waals surface area contributed by atoms with Gasteiger partial charge in [0, 0.05) is 43.5 Å². The highest BCUT2D eigenvalue weighted by Gasteiger charge is 2.29. The minimum Gasteiger partial charge on any atom is -0.328 e. The van der Waals surface area contributed by atoms with Crippen LogP contribution in [0.5, 0.6) is 0 Å². The Morgan fingerprint density at radius 1 is 1.15 bits per heavy atom. The molecule has 0 aromatic carbocycles. The van der Waals surface area contributed by atoms with E-state index < -0.39 is 0 Å². The summed E-state index contributed by atoms with van der Waals surface area (Å²) in [7, 11) is 0. The van der Waals surface area contributed by atoms with E-state index in [2.05, 4.69) is 26.9 Å². The van der Waals surface area contributed by atoms with E-state index in [1.54, 1.807) is 0 Å². The van der Waals surface area contributed by atoms with Gasteiger partial charge in [-0.3, -0.25) is 9.88 Å². The molecule has 1 aromatic heterocycles. The number of aromatic nitrogens is 1. The monoisotopic (exact) mass is 274 g/mol. The minimum absolute atomic E-state index is 0.438. The summed E-state index contributed by atoms with van der Waals surface area (Å²) in [6.45, 7) is 5.99. The van der Waals surface area contributed by atoms with Crippen molar-refractivity contribution < 1.29 is 0 Å². The Bertz CT molecular complexity index is 400. The molecule has 2 N–H and O–H groups in total. The van der Waals surface area contributed by atoms with Crippen molar-refractivity contribution >= 4 is 0 Å². The summed E-state index contributed by atoms with van der Waals surface area (Å²) in [6.07, 6.45) is 6.61. The van der Waals surface area contributed by atoms with Crippen LogP contribution in [0.1, 0.15) is 25.0 Å². The van der Waals surface area contributed by atoms with Crippen molar-refractivity contribution in [1.82, 2.24) is 14.8 Å². The van der Waals surface area contributed by atoms with Gasteiger partial charge in [-0.05, 0) is 51.0 Å². The maximum absolute atomic E-state index is 5.99. The molecule has 1 atom stereocenters. The SMILES string of the molecule is NC1CCN(C2CCN(CCc3ccccn3)C2)CC1. The van der Waals surface area contributed by atoms with E-state index in [1.807, 2.05) is 12.3 Å². The zero-order valence-corrected chi connectivity index (χ0v) is 12.2. The lowest BCUT2D eigenvalue weighted by molar-refractivity contribution is 0.152. The van der Waals surface area contributed by atoms with Crippen molar-refractivity contribution in [3.63, 3.8) is 0 Å². The van der Waals surface area contributed by atoms with Crippen LogP contribution in [0.25, 0.3) is 0 Å². The molecule has 0 spiro atoms. The quantitative estimate of drug-likeness (QED) is 0.894. The number of likely N-dealkylation sites (tertiary alicyclic amines) is 2. The topological polar surface area (TPSA) is 45.4 Å². The zero-order chi connectivity index (χ0) is 13.8. The number of nitrogens with zero attached hydrogens (tertiary/aromatic N) is 3. The second-order valence-electron chi connectivity index (χ2n) is 6.19. The summed E-state index contributed by atoms with van der Waals surface area (Å²) < 4.78 is 0. The van der Waals surface area contributed by atoms with Gasteiger partial charge in [0.2, 0.25) is 0 Å². The van der Waals surface area contributed by atoms with E-state index in [4.69, 9.17) is 5.73 Å². The number of hydrogen-bond acceptors (Lipinski definition) is 4. The predicted octanol–water partition coefficient (Wildman–Crippen LogP) is 1.12. The third-order valence-electron chi connectivity index (χ3n) is 4.75. The first kappa shape index (κ1) is 14.0. The van der Waals surface area contributed by atoms with Crippen molar-refractivity contribution in [1.29, 1.82) is 0 Å². The van der Waals surface area contributed by atoms with Crippen molar-refractivity contribution in [3.8, 4) is 0 Å². The van der Waals surface area contributed by atoms with Gasteiger partial charge >= 0.3 is 0 Å². The Morgan fingerprint density at radius 3 is 2.75 bits per heavy atom. The first-order valence-corrected chi connectivity index (χ1v) is 7.93. The molecule has 1 aromatic rings. The second kappa shape index (κ2) is 6.66. The molecule has 2 aliphatic rings. The standard InChI is InChI=1S/C16H26N4/c17-14-4-11-20(12-5-14)16-7-10-19(13-16)9-6-15-3-1-2-8-18-15/h1-3,8,14,16H,4-7,9-13,17H2. The van der Waals surface area contributed by atoms with Crippen LogP contribution >= 0.6 is 0 Å². The van der Waals surface area contributed by atoms with Crippen LogP contribution in [0.4, 0.5) is 0 Å². The molecule has 4 nitrogen and oxygen atoms in total. The Labute approximate surface area is 122 Å². The van der Waals surface area contributed by atoms with Gasteiger partial charge in [-0.1, -0.05) is 6.07 Å². The lowest BCUT2D eigenvalue weighted by atomic mass is 10.0. The van der Waals surface area contributed by atoms with Crippen LogP contribution in [0.3, 0.4) is 0 Å². The van der Waals surface area contributed by atoms with Gasteiger partial charge in [-0.15, -0.1) is 0 Å². The molecule has 3 heterocycles. The largest absolute Gasteiger partial charge is 0.328 e. The Balaban J connectivity index is 1.43. The summed E-state index contributed by atoms with van der Waals surface area (Å²) in [4.78, 5) is 9.65. The lowest BCUT2D eigenvalue weighted by Crippen LogP contribution is -2.46. The van der Waals surface area contributed by atoms with E-state index in [-0.39, 0.29) is 0 Å². The average molecular weight is 274 g/mol. The van der Waals surface area contributed by atoms with E-state index >= 15 is 0 Å². The van der Waals surface area contributed by atoms with E-state index in [1.165, 1.54) is 51.1 Å². The molecular formula is C16H26N4. The van der Waals surface area contributed by atoms with Gasteiger partial charge in [-0.2, -0.15) is 0 Å². The Morgan fingerprint density at radius 2 is 2.00 bits per heavy atom. The Hall–Kier alpha value is -0.970. The minimum atomic E-state index is 0.438. The highest BCUT2D eigenvalue weighted by Crippen LogP contribution is 2.20. The molecule has 2 aliphatic heterocycles. The van der Waals surface area contributed by atoms with Crippen molar-refractivity contribution in [2.24, 2.45) is 5.73 Å². The zero-order valence-electron chi connectivity index (χ0n) is 12.2. The van der Waals surface area contributed by atoms with E-state index in [0.29, 0.717) is 6.04 Å². The van der Waals surface area contributed by atoms with Crippen LogP contribution in [-0.4, -0.2) is 59.6 Å². The van der Waals surface area contributed by atoms with Gasteiger partial charge in [0.05, 0.1) is 0 Å². The van der Waals surface area contributed by atoms with Gasteiger partial charge < -0.3 is 10.6 Å². The summed E-state index contributed by atoms with van der Waals surface area (Å²) in [5, 5.41) is 0. The molecule has 0 amide bonds. The molecular weight excluding hydrogens is 248 g/mol. The van der Waals surface area contributed by atoms with Gasteiger partial charge in [0.1, 0.15) is 0 Å². The number of pyridine rings is 1. The number of hydrogen-bond donors (Lipinski definition) is 1. The molecule has 0 bridgehead atoms. The summed E-state index contributed by atoms with van der Waals surface area (Å²) >= 11 is 0. The predicted molar refractivity (Wildman–Crippen MR) is 81.6 cm³/mol. The van der Waals surface area contributed by atoms with Crippen LogP contribution in [-0.2, 0) is 6.42 Å². The van der Waals surface area contributed by atoms with Crippen LogP contribution in [0.15, 0.2) is 24.4 Å². The van der Waals surface area contributed by atoms with Crippen molar-refractivity contribution in [2.45, 2.75) is 37.8 Å². The molecule has 0 radical (unpaired) electrons. The summed E-state index contributed by atoms with van der Waals surface area (Å²) in [6, 6.07) is 7.38. The molecule has 110 valence electrons. The van der Waals surface area contributed by atoms with E-state index in [0.717, 1.165) is 19.0 Å². The maximum Gasteiger partial charge on any atom is 0.0416 e. The first-order valence-electron chi connectivity index (χ1n) is 7.93. The number of nitrogens with two attached hydrogens (primary N) is 1. The fourth-order valence-corrected chi connectivity index (χ4v) is 3.42. The Kier molecular flexibility index (Phi) is 4.65. The average Bonchev–Trinajstić information content (AvgIpc) is 2.96. The maximum atomic E-state index is 5.99. The van der Waals surface area contributed by atoms with Crippen LogP contribution in [0.2, 0.25) is 0 Å². The lowest BCUT2D eigenvalue weighted by Gasteiger charge is -2.34. The molecule has 4 heteroatoms. The molecule has 20 heavy (non-hydrogen) atoms. The van der Waals surface area contributed by atoms with Crippen molar-refractivity contribution in [3.05, 3.63) is 30.1 Å². The normalized spacial score (nSPS) is 26.1. The summed E-state index contributed by atoms with van der Waals surface area (Å²) in [5.41, 5.74) is 7.20. The third-order valence-corrected chi connectivity index (χ3v) is 4.75. The highest BCUT2D eigenvalue weighted by molar-refractivity contribution is 5.04. The second-order valence-corrected chi connectivity index (χ2v) is 6.19. The van der Waals surface area contributed by atoms with Gasteiger partial charge in [0.25, 0.3) is 0 Å². The third kappa shape index (κ3) is 3.57. The van der Waals surface area contributed by atoms with Crippen molar-refractivity contribution in [2.75, 3.05) is 32.7 Å². The number of piperidine rings is 1.